The van der Waals surface area contributed by atoms with E-state index in [1.807, 2.05) is 33.3 Å². The summed E-state index contributed by atoms with van der Waals surface area (Å²) in [6.45, 7) is 29.1. The first-order valence-corrected chi connectivity index (χ1v) is 17.4. The molecule has 7 atom stereocenters. The molecule has 38 heavy (non-hydrogen) atoms. The van der Waals surface area contributed by atoms with Crippen molar-refractivity contribution in [2.45, 2.75) is 187 Å². The van der Waals surface area contributed by atoms with Gasteiger partial charge < -0.3 is 0 Å². The summed E-state index contributed by atoms with van der Waals surface area (Å²) in [5.74, 6) is 5.88. The third-order valence-electron chi connectivity index (χ3n) is 10.1. The fraction of sp³-hybridized carbons (Fsp3) is 0.947. The van der Waals surface area contributed by atoms with Crippen LogP contribution in [-0.4, -0.2) is 0 Å². The Hall–Kier alpha value is -0.260. The van der Waals surface area contributed by atoms with E-state index >= 15 is 0 Å². The molecule has 0 N–H and O–H groups in total. The molecule has 0 aromatic carbocycles. The minimum Gasteiger partial charge on any atom is -0.0845 e. The Labute approximate surface area is 245 Å². The molecule has 6 unspecified atom stereocenters. The molecular formula is C38H78. The maximum Gasteiger partial charge on any atom is -0.00851 e. The average molecular weight is 535 g/mol. The summed E-state index contributed by atoms with van der Waals surface area (Å²) in [6, 6.07) is 0. The highest BCUT2D eigenvalue weighted by Gasteiger charge is 2.58. The van der Waals surface area contributed by atoms with Gasteiger partial charge in [0, 0.05) is 0 Å². The summed E-state index contributed by atoms with van der Waals surface area (Å²) in [4.78, 5) is 0. The number of unbranched alkanes of at least 4 members (excludes halogenated alkanes) is 1. The minimum atomic E-state index is 0. The summed E-state index contributed by atoms with van der Waals surface area (Å²) >= 11 is 0. The van der Waals surface area contributed by atoms with Gasteiger partial charge in [-0.05, 0) is 104 Å². The quantitative estimate of drug-likeness (QED) is 0.243. The molecule has 0 amide bonds. The summed E-state index contributed by atoms with van der Waals surface area (Å²) in [5, 5.41) is 0. The Morgan fingerprint density at radius 3 is 1.95 bits per heavy atom. The fourth-order valence-corrected chi connectivity index (χ4v) is 8.37. The van der Waals surface area contributed by atoms with Gasteiger partial charge in [0.2, 0.25) is 0 Å². The van der Waals surface area contributed by atoms with E-state index < -0.39 is 0 Å². The standard InChI is InChI=1S/C27H46.2C3H8.2C2H6.CH4/c1-19(2)8-6-7-9-21-11-13-24-23-12-10-22-18-20(3)14-16-27(22,5)25(23)15-17-26(21,24)4;2*1-3-2;2*1-2;/h10,19-21,23-25H,6-9,11-18H2,1-5H3;2*3H2,1-2H3;2*1-2H3;1H4/t20-,21?,23?,24?,25?,26?,27?;;;;;/m0...../s1. The van der Waals surface area contributed by atoms with Crippen molar-refractivity contribution in [3.63, 3.8) is 0 Å². The Morgan fingerprint density at radius 1 is 0.816 bits per heavy atom. The monoisotopic (exact) mass is 535 g/mol. The second-order valence-electron chi connectivity index (χ2n) is 13.5. The van der Waals surface area contributed by atoms with Crippen LogP contribution in [0.2, 0.25) is 0 Å². The lowest BCUT2D eigenvalue weighted by molar-refractivity contribution is -0.0450. The van der Waals surface area contributed by atoms with Crippen LogP contribution in [0.4, 0.5) is 0 Å². The molecule has 230 valence electrons. The molecule has 4 aliphatic carbocycles. The molecule has 0 aromatic rings. The Bertz CT molecular complexity index is 583. The van der Waals surface area contributed by atoms with Crippen molar-refractivity contribution in [2.75, 3.05) is 0 Å². The van der Waals surface area contributed by atoms with E-state index in [1.54, 1.807) is 6.42 Å². The number of allylic oxidation sites excluding steroid dienone is 2. The molecule has 4 aliphatic rings. The Balaban J connectivity index is 0. The van der Waals surface area contributed by atoms with Crippen LogP contribution in [0.1, 0.15) is 187 Å². The van der Waals surface area contributed by atoms with Gasteiger partial charge in [0.05, 0.1) is 0 Å². The molecule has 3 saturated carbocycles. The van der Waals surface area contributed by atoms with Crippen molar-refractivity contribution in [1.29, 1.82) is 0 Å². The van der Waals surface area contributed by atoms with E-state index in [-0.39, 0.29) is 7.43 Å². The molecule has 4 rings (SSSR count). The normalized spacial score (nSPS) is 34.4. The highest BCUT2D eigenvalue weighted by Crippen LogP contribution is 2.67. The van der Waals surface area contributed by atoms with Gasteiger partial charge in [-0.1, -0.05) is 141 Å². The number of hydrogen-bond donors (Lipinski definition) is 0. The Kier molecular flexibility index (Phi) is 21.6. The van der Waals surface area contributed by atoms with Crippen LogP contribution in [0.15, 0.2) is 11.6 Å². The van der Waals surface area contributed by atoms with Gasteiger partial charge in [0.25, 0.3) is 0 Å². The summed E-state index contributed by atoms with van der Waals surface area (Å²) in [5.41, 5.74) is 3.10. The maximum atomic E-state index is 2.75. The van der Waals surface area contributed by atoms with E-state index in [1.165, 1.54) is 83.5 Å². The third-order valence-corrected chi connectivity index (χ3v) is 10.1. The molecule has 0 saturated heterocycles. The van der Waals surface area contributed by atoms with Crippen molar-refractivity contribution in [1.82, 2.24) is 0 Å². The van der Waals surface area contributed by atoms with E-state index in [0.717, 1.165) is 35.5 Å². The molecule has 0 aliphatic heterocycles. The van der Waals surface area contributed by atoms with Gasteiger partial charge in [0.15, 0.2) is 0 Å². The summed E-state index contributed by atoms with van der Waals surface area (Å²) in [6.07, 6.45) is 23.1. The lowest BCUT2D eigenvalue weighted by atomic mass is 9.47. The smallest absolute Gasteiger partial charge is 0.00851 e. The van der Waals surface area contributed by atoms with Gasteiger partial charge >= 0.3 is 0 Å². The van der Waals surface area contributed by atoms with E-state index in [2.05, 4.69) is 68.4 Å². The zero-order valence-corrected chi connectivity index (χ0v) is 28.4. The SMILES string of the molecule is C.CC.CC.CC(C)CCCCC1CCC2C3CC=C4C[C@@H](C)CCC4(C)C3CCC12C.CCC.CCC. The van der Waals surface area contributed by atoms with Crippen LogP contribution in [0.5, 0.6) is 0 Å². The van der Waals surface area contributed by atoms with Crippen LogP contribution >= 0.6 is 0 Å². The largest absolute Gasteiger partial charge is 0.0845 e. The van der Waals surface area contributed by atoms with Crippen molar-refractivity contribution >= 4 is 0 Å². The first kappa shape index (κ1) is 39.9. The van der Waals surface area contributed by atoms with Crippen molar-refractivity contribution in [2.24, 2.45) is 46.3 Å². The van der Waals surface area contributed by atoms with Crippen molar-refractivity contribution in [3.8, 4) is 0 Å². The van der Waals surface area contributed by atoms with Crippen LogP contribution in [0.3, 0.4) is 0 Å². The molecule has 3 fully saturated rings. The van der Waals surface area contributed by atoms with Crippen molar-refractivity contribution < 1.29 is 0 Å². The first-order chi connectivity index (χ1) is 17.7. The second kappa shape index (κ2) is 20.6. The molecular weight excluding hydrogens is 456 g/mol. The lowest BCUT2D eigenvalue weighted by Gasteiger charge is -2.58. The van der Waals surface area contributed by atoms with Crippen LogP contribution in [0, 0.1) is 46.3 Å². The third kappa shape index (κ3) is 10.3. The predicted molar refractivity (Wildman–Crippen MR) is 179 cm³/mol. The molecule has 0 aromatic heterocycles. The number of hydrogen-bond acceptors (Lipinski definition) is 0. The molecule has 0 spiro atoms. The topological polar surface area (TPSA) is 0 Å². The van der Waals surface area contributed by atoms with Crippen molar-refractivity contribution in [3.05, 3.63) is 11.6 Å². The van der Waals surface area contributed by atoms with Crippen LogP contribution in [0.25, 0.3) is 0 Å². The molecule has 0 nitrogen and oxygen atoms in total. The van der Waals surface area contributed by atoms with Crippen LogP contribution < -0.4 is 0 Å². The van der Waals surface area contributed by atoms with Gasteiger partial charge in [-0.2, -0.15) is 0 Å². The zero-order valence-electron chi connectivity index (χ0n) is 28.4. The second-order valence-corrected chi connectivity index (χ2v) is 13.5. The molecule has 0 heterocycles. The molecule has 0 bridgehead atoms. The summed E-state index contributed by atoms with van der Waals surface area (Å²) in [7, 11) is 0. The molecule has 0 heteroatoms. The average Bonchev–Trinajstić information content (AvgIpc) is 3.22. The highest BCUT2D eigenvalue weighted by molar-refractivity contribution is 5.24. The number of rotatable bonds is 5. The predicted octanol–water partition coefficient (Wildman–Crippen LogP) is 13.9. The maximum absolute atomic E-state index is 2.75. The fourth-order valence-electron chi connectivity index (χ4n) is 8.37. The van der Waals surface area contributed by atoms with Gasteiger partial charge in [-0.15, -0.1) is 0 Å². The molecule has 0 radical (unpaired) electrons. The number of fused-ring (bicyclic) bond motifs is 5. The zero-order chi connectivity index (χ0) is 28.6. The minimum absolute atomic E-state index is 0. The summed E-state index contributed by atoms with van der Waals surface area (Å²) < 4.78 is 0. The van der Waals surface area contributed by atoms with Gasteiger partial charge in [0.1, 0.15) is 0 Å². The lowest BCUT2D eigenvalue weighted by Crippen LogP contribution is -2.49. The highest BCUT2D eigenvalue weighted by atomic mass is 14.6. The first-order valence-electron chi connectivity index (χ1n) is 17.4. The van der Waals surface area contributed by atoms with E-state index in [9.17, 15) is 0 Å². The van der Waals surface area contributed by atoms with Gasteiger partial charge in [-0.25, -0.2) is 0 Å². The Morgan fingerprint density at radius 2 is 1.39 bits per heavy atom. The van der Waals surface area contributed by atoms with E-state index in [4.69, 9.17) is 0 Å². The van der Waals surface area contributed by atoms with E-state index in [0.29, 0.717) is 10.8 Å². The van der Waals surface area contributed by atoms with Crippen LogP contribution in [-0.2, 0) is 0 Å². The van der Waals surface area contributed by atoms with Gasteiger partial charge in [-0.3, -0.25) is 0 Å².